The van der Waals surface area contributed by atoms with E-state index in [-0.39, 0.29) is 21.1 Å². The highest BCUT2D eigenvalue weighted by molar-refractivity contribution is 9.11. The van der Waals surface area contributed by atoms with Gasteiger partial charge in [0.25, 0.3) is 0 Å². The van der Waals surface area contributed by atoms with Crippen molar-refractivity contribution in [3.8, 4) is 11.8 Å². The molecule has 0 radical (unpaired) electrons. The third-order valence-electron chi connectivity index (χ3n) is 1.75. The van der Waals surface area contributed by atoms with Crippen LogP contribution in [-0.4, -0.2) is 12.3 Å². The summed E-state index contributed by atoms with van der Waals surface area (Å²) in [6, 6.07) is 3.76. The Kier molecular flexibility index (Phi) is 5.20. The zero-order chi connectivity index (χ0) is 14.6. The Balaban J connectivity index is 2.98. The molecule has 1 N–H and O–H groups in total. The fourth-order valence-electron chi connectivity index (χ4n) is 1.12. The molecule has 1 rings (SSSR count). The summed E-state index contributed by atoms with van der Waals surface area (Å²) in [6.07, 6.45) is -5.16. The fourth-order valence-corrected chi connectivity index (χ4v) is 2.46. The molecule has 0 unspecified atom stereocenters. The van der Waals surface area contributed by atoms with Crippen LogP contribution in [0.25, 0.3) is 0 Å². The molecule has 4 nitrogen and oxygen atoms in total. The lowest BCUT2D eigenvalue weighted by atomic mass is 10.3. The van der Waals surface area contributed by atoms with Gasteiger partial charge in [0.05, 0.1) is 11.8 Å². The van der Waals surface area contributed by atoms with Gasteiger partial charge in [-0.15, -0.1) is 13.2 Å². The minimum Gasteiger partial charge on any atom is -0.406 e. The maximum absolute atomic E-state index is 12.1. The Labute approximate surface area is 122 Å². The van der Waals surface area contributed by atoms with Crippen LogP contribution in [-0.2, 0) is 4.79 Å². The lowest BCUT2D eigenvalue weighted by molar-refractivity contribution is -0.274. The van der Waals surface area contributed by atoms with Crippen LogP contribution < -0.4 is 10.1 Å². The Morgan fingerprint density at radius 2 is 1.89 bits per heavy atom. The summed E-state index contributed by atoms with van der Waals surface area (Å²) < 4.78 is 40.3. The van der Waals surface area contributed by atoms with Gasteiger partial charge >= 0.3 is 6.36 Å². The maximum Gasteiger partial charge on any atom is 0.573 e. The van der Waals surface area contributed by atoms with E-state index in [2.05, 4.69) is 41.9 Å². The van der Waals surface area contributed by atoms with Crippen molar-refractivity contribution in [1.82, 2.24) is 0 Å². The quantitative estimate of drug-likeness (QED) is 0.833. The molecule has 1 amide bonds. The van der Waals surface area contributed by atoms with Crippen LogP contribution in [0.15, 0.2) is 21.1 Å². The molecular formula is C10H5Br2F3N2O2. The first kappa shape index (κ1) is 15.8. The number of rotatable bonds is 3. The Morgan fingerprint density at radius 1 is 1.37 bits per heavy atom. The van der Waals surface area contributed by atoms with Crippen molar-refractivity contribution < 1.29 is 22.7 Å². The Morgan fingerprint density at radius 3 is 2.32 bits per heavy atom. The number of nitrogens with one attached hydrogen (secondary N) is 1. The van der Waals surface area contributed by atoms with Crippen molar-refractivity contribution in [3.05, 3.63) is 21.1 Å². The van der Waals surface area contributed by atoms with Crippen molar-refractivity contribution in [3.63, 3.8) is 0 Å². The molecule has 102 valence electrons. The van der Waals surface area contributed by atoms with Gasteiger partial charge < -0.3 is 10.1 Å². The molecule has 0 aliphatic carbocycles. The van der Waals surface area contributed by atoms with Gasteiger partial charge in [0.2, 0.25) is 5.91 Å². The standard InChI is InChI=1S/C10H5Br2F3N2O2/c11-6-3-5(19-10(13,14)15)4-7(12)9(6)17-8(18)1-2-16/h3-4H,1H2,(H,17,18). The van der Waals surface area contributed by atoms with Crippen molar-refractivity contribution in [2.45, 2.75) is 12.8 Å². The highest BCUT2D eigenvalue weighted by Gasteiger charge is 2.31. The molecule has 0 saturated heterocycles. The first-order valence-corrected chi connectivity index (χ1v) is 6.23. The average molecular weight is 402 g/mol. The van der Waals surface area contributed by atoms with Gasteiger partial charge in [-0.25, -0.2) is 0 Å². The highest BCUT2D eigenvalue weighted by Crippen LogP contribution is 2.37. The van der Waals surface area contributed by atoms with Crippen LogP contribution in [0.2, 0.25) is 0 Å². The maximum atomic E-state index is 12.1. The summed E-state index contributed by atoms with van der Waals surface area (Å²) in [5.74, 6) is -1.02. The second-order valence-corrected chi connectivity index (χ2v) is 4.90. The lowest BCUT2D eigenvalue weighted by Crippen LogP contribution is -2.17. The normalized spacial score (nSPS) is 10.7. The number of halogens is 5. The molecular weight excluding hydrogens is 397 g/mol. The number of alkyl halides is 3. The minimum atomic E-state index is -4.80. The van der Waals surface area contributed by atoms with Gasteiger partial charge in [-0.2, -0.15) is 5.26 Å². The van der Waals surface area contributed by atoms with Crippen LogP contribution in [0, 0.1) is 11.3 Å². The van der Waals surface area contributed by atoms with Gasteiger partial charge in [0.1, 0.15) is 12.2 Å². The molecule has 0 fully saturated rings. The number of carbonyl (C=O) groups excluding carboxylic acids is 1. The molecule has 0 saturated carbocycles. The van der Waals surface area contributed by atoms with Crippen LogP contribution in [0.4, 0.5) is 18.9 Å². The van der Waals surface area contributed by atoms with Crippen LogP contribution >= 0.6 is 31.9 Å². The predicted molar refractivity (Wildman–Crippen MR) is 67.4 cm³/mol. The summed E-state index contributed by atoms with van der Waals surface area (Å²) in [7, 11) is 0. The number of hydrogen-bond acceptors (Lipinski definition) is 3. The molecule has 0 spiro atoms. The number of nitrogens with zero attached hydrogens (tertiary/aromatic N) is 1. The van der Waals surface area contributed by atoms with E-state index < -0.39 is 18.0 Å². The van der Waals surface area contributed by atoms with Crippen molar-refractivity contribution in [2.24, 2.45) is 0 Å². The zero-order valence-electron chi connectivity index (χ0n) is 9.02. The van der Waals surface area contributed by atoms with E-state index in [0.717, 1.165) is 12.1 Å². The third kappa shape index (κ3) is 5.08. The van der Waals surface area contributed by atoms with E-state index in [1.54, 1.807) is 6.07 Å². The number of carbonyl (C=O) groups is 1. The van der Waals surface area contributed by atoms with E-state index >= 15 is 0 Å². The molecule has 19 heavy (non-hydrogen) atoms. The summed E-state index contributed by atoms with van der Waals surface area (Å²) in [5, 5.41) is 10.7. The number of benzene rings is 1. The molecule has 9 heteroatoms. The largest absolute Gasteiger partial charge is 0.573 e. The van der Waals surface area contributed by atoms with E-state index in [0.29, 0.717) is 0 Å². The second kappa shape index (κ2) is 6.25. The van der Waals surface area contributed by atoms with Crippen LogP contribution in [0.5, 0.6) is 5.75 Å². The first-order chi connectivity index (χ1) is 8.73. The molecule has 0 atom stereocenters. The van der Waals surface area contributed by atoms with Gasteiger partial charge in [-0.3, -0.25) is 4.79 Å². The summed E-state index contributed by atoms with van der Waals surface area (Å²) >= 11 is 6.02. The predicted octanol–water partition coefficient (Wildman–Crippen LogP) is 3.96. The number of hydrogen-bond donors (Lipinski definition) is 1. The Bertz CT molecular complexity index is 518. The van der Waals surface area contributed by atoms with E-state index in [1.165, 1.54) is 0 Å². The SMILES string of the molecule is N#CCC(=O)Nc1c(Br)cc(OC(F)(F)F)cc1Br. The van der Waals surface area contributed by atoms with E-state index in [4.69, 9.17) is 5.26 Å². The molecule has 0 bridgehead atoms. The van der Waals surface area contributed by atoms with E-state index in [1.807, 2.05) is 0 Å². The lowest BCUT2D eigenvalue weighted by Gasteiger charge is -2.13. The van der Waals surface area contributed by atoms with Crippen LogP contribution in [0.3, 0.4) is 0 Å². The zero-order valence-corrected chi connectivity index (χ0v) is 12.2. The Hall–Kier alpha value is -1.27. The van der Waals surface area contributed by atoms with Crippen molar-refractivity contribution >= 4 is 43.5 Å². The molecule has 0 aliphatic rings. The smallest absolute Gasteiger partial charge is 0.406 e. The van der Waals surface area contributed by atoms with Gasteiger partial charge in [0, 0.05) is 8.95 Å². The summed E-state index contributed by atoms with van der Waals surface area (Å²) in [6.45, 7) is 0. The van der Waals surface area contributed by atoms with Gasteiger partial charge in [-0.05, 0) is 44.0 Å². The molecule has 0 aliphatic heterocycles. The average Bonchev–Trinajstić information content (AvgIpc) is 2.21. The number of amides is 1. The summed E-state index contributed by atoms with van der Waals surface area (Å²) in [5.41, 5.74) is 0.217. The van der Waals surface area contributed by atoms with E-state index in [9.17, 15) is 18.0 Å². The second-order valence-electron chi connectivity index (χ2n) is 3.19. The third-order valence-corrected chi connectivity index (χ3v) is 3.00. The van der Waals surface area contributed by atoms with Gasteiger partial charge in [0.15, 0.2) is 0 Å². The monoisotopic (exact) mass is 400 g/mol. The van der Waals surface area contributed by atoms with Crippen LogP contribution in [0.1, 0.15) is 6.42 Å². The molecule has 1 aromatic carbocycles. The minimum absolute atomic E-state index is 0.187. The molecule has 0 aromatic heterocycles. The number of anilines is 1. The topological polar surface area (TPSA) is 62.1 Å². The fraction of sp³-hybridized carbons (Fsp3) is 0.200. The molecule has 0 heterocycles. The van der Waals surface area contributed by atoms with Gasteiger partial charge in [-0.1, -0.05) is 0 Å². The highest BCUT2D eigenvalue weighted by atomic mass is 79.9. The number of nitriles is 1. The first-order valence-electron chi connectivity index (χ1n) is 4.64. The van der Waals surface area contributed by atoms with Crippen molar-refractivity contribution in [1.29, 1.82) is 5.26 Å². The summed E-state index contributed by atoms with van der Waals surface area (Å²) in [4.78, 5) is 11.2. The van der Waals surface area contributed by atoms with Crippen molar-refractivity contribution in [2.75, 3.05) is 5.32 Å². The molecule has 1 aromatic rings. The number of ether oxygens (including phenoxy) is 1.